The Morgan fingerprint density at radius 2 is 1.70 bits per heavy atom. The van der Waals surface area contributed by atoms with E-state index in [0.29, 0.717) is 17.4 Å². The summed E-state index contributed by atoms with van der Waals surface area (Å²) in [6.45, 7) is 0. The maximum atomic E-state index is 13.2. The molecule has 2 aromatic rings. The monoisotopic (exact) mass is 292 g/mol. The van der Waals surface area contributed by atoms with Crippen molar-refractivity contribution in [1.29, 1.82) is 0 Å². The van der Waals surface area contributed by atoms with Gasteiger partial charge in [0.1, 0.15) is 12.1 Å². The zero-order valence-corrected chi connectivity index (χ0v) is 11.6. The van der Waals surface area contributed by atoms with E-state index >= 15 is 0 Å². The van der Waals surface area contributed by atoms with E-state index in [2.05, 4.69) is 0 Å². The van der Waals surface area contributed by atoms with Gasteiger partial charge in [-0.15, -0.1) is 0 Å². The zero-order chi connectivity index (χ0) is 14.8. The molecule has 3 nitrogen and oxygen atoms in total. The minimum Gasteiger partial charge on any atom is -0.302 e. The third-order valence-electron chi connectivity index (χ3n) is 3.01. The van der Waals surface area contributed by atoms with Crippen LogP contribution in [-0.2, 0) is 14.6 Å². The first-order chi connectivity index (χ1) is 9.41. The zero-order valence-electron chi connectivity index (χ0n) is 10.8. The SMILES string of the molecule is CS(=O)(=O)c1ccc(C(C=O)c2cccc(F)c2)cc1. The first-order valence-electron chi connectivity index (χ1n) is 5.92. The second-order valence-corrected chi connectivity index (χ2v) is 6.53. The van der Waals surface area contributed by atoms with Crippen molar-refractivity contribution in [2.24, 2.45) is 0 Å². The van der Waals surface area contributed by atoms with Crippen molar-refractivity contribution in [2.45, 2.75) is 10.8 Å². The highest BCUT2D eigenvalue weighted by Crippen LogP contribution is 2.24. The molecule has 1 atom stereocenters. The highest BCUT2D eigenvalue weighted by molar-refractivity contribution is 7.90. The highest BCUT2D eigenvalue weighted by Gasteiger charge is 2.15. The van der Waals surface area contributed by atoms with Gasteiger partial charge in [0.15, 0.2) is 9.84 Å². The Morgan fingerprint density at radius 1 is 1.05 bits per heavy atom. The fourth-order valence-electron chi connectivity index (χ4n) is 1.97. The minimum absolute atomic E-state index is 0.185. The van der Waals surface area contributed by atoms with Gasteiger partial charge in [0.05, 0.1) is 10.8 Å². The molecule has 0 amide bonds. The van der Waals surface area contributed by atoms with Crippen molar-refractivity contribution in [2.75, 3.05) is 6.26 Å². The van der Waals surface area contributed by atoms with E-state index in [1.165, 1.54) is 30.3 Å². The van der Waals surface area contributed by atoms with Crippen LogP contribution in [0.25, 0.3) is 0 Å². The molecular formula is C15H13FO3S. The topological polar surface area (TPSA) is 51.2 Å². The van der Waals surface area contributed by atoms with E-state index in [-0.39, 0.29) is 4.90 Å². The fraction of sp³-hybridized carbons (Fsp3) is 0.133. The average molecular weight is 292 g/mol. The van der Waals surface area contributed by atoms with Crippen LogP contribution in [-0.4, -0.2) is 21.0 Å². The van der Waals surface area contributed by atoms with Crippen LogP contribution in [0.2, 0.25) is 0 Å². The lowest BCUT2D eigenvalue weighted by atomic mass is 9.93. The van der Waals surface area contributed by atoms with Crippen molar-refractivity contribution in [1.82, 2.24) is 0 Å². The first-order valence-corrected chi connectivity index (χ1v) is 7.82. The highest BCUT2D eigenvalue weighted by atomic mass is 32.2. The van der Waals surface area contributed by atoms with Crippen molar-refractivity contribution < 1.29 is 17.6 Å². The van der Waals surface area contributed by atoms with E-state index in [0.717, 1.165) is 6.26 Å². The Kier molecular flexibility index (Phi) is 3.99. The third-order valence-corrected chi connectivity index (χ3v) is 4.14. The molecule has 2 rings (SSSR count). The van der Waals surface area contributed by atoms with Crippen LogP contribution in [0.3, 0.4) is 0 Å². The number of rotatable bonds is 4. The molecule has 0 heterocycles. The normalized spacial score (nSPS) is 12.9. The molecule has 0 spiro atoms. The lowest BCUT2D eigenvalue weighted by Gasteiger charge is -2.11. The largest absolute Gasteiger partial charge is 0.302 e. The Bertz CT molecular complexity index is 721. The summed E-state index contributed by atoms with van der Waals surface area (Å²) < 4.78 is 36.0. The van der Waals surface area contributed by atoms with Gasteiger partial charge in [0.25, 0.3) is 0 Å². The molecule has 0 N–H and O–H groups in total. The average Bonchev–Trinajstić information content (AvgIpc) is 2.39. The lowest BCUT2D eigenvalue weighted by molar-refractivity contribution is -0.108. The summed E-state index contributed by atoms with van der Waals surface area (Å²) >= 11 is 0. The second kappa shape index (κ2) is 5.54. The number of benzene rings is 2. The molecule has 104 valence electrons. The molecule has 0 fully saturated rings. The summed E-state index contributed by atoms with van der Waals surface area (Å²) in [4.78, 5) is 11.4. The predicted molar refractivity (Wildman–Crippen MR) is 73.9 cm³/mol. The first kappa shape index (κ1) is 14.4. The van der Waals surface area contributed by atoms with Gasteiger partial charge in [-0.2, -0.15) is 0 Å². The Balaban J connectivity index is 2.40. The summed E-state index contributed by atoms with van der Waals surface area (Å²) in [5.41, 5.74) is 1.16. The van der Waals surface area contributed by atoms with Crippen LogP contribution in [0.15, 0.2) is 53.4 Å². The summed E-state index contributed by atoms with van der Waals surface area (Å²) in [5, 5.41) is 0. The number of sulfone groups is 1. The molecule has 20 heavy (non-hydrogen) atoms. The van der Waals surface area contributed by atoms with E-state index < -0.39 is 21.6 Å². The minimum atomic E-state index is -3.27. The summed E-state index contributed by atoms with van der Waals surface area (Å²) in [6, 6.07) is 11.8. The number of hydrogen-bond acceptors (Lipinski definition) is 3. The molecule has 0 bridgehead atoms. The Morgan fingerprint density at radius 3 is 2.20 bits per heavy atom. The van der Waals surface area contributed by atoms with Gasteiger partial charge in [-0.3, -0.25) is 0 Å². The molecule has 0 aliphatic carbocycles. The number of halogens is 1. The van der Waals surface area contributed by atoms with Gasteiger partial charge in [-0.1, -0.05) is 24.3 Å². The maximum absolute atomic E-state index is 13.2. The van der Waals surface area contributed by atoms with E-state index in [9.17, 15) is 17.6 Å². The van der Waals surface area contributed by atoms with Crippen LogP contribution < -0.4 is 0 Å². The predicted octanol–water partition coefficient (Wildman–Crippen LogP) is 2.56. The molecule has 0 saturated carbocycles. The molecule has 0 aliphatic rings. The van der Waals surface area contributed by atoms with Crippen molar-refractivity contribution >= 4 is 16.1 Å². The van der Waals surface area contributed by atoms with Crippen LogP contribution in [0.1, 0.15) is 17.0 Å². The third kappa shape index (κ3) is 3.11. The maximum Gasteiger partial charge on any atom is 0.175 e. The molecule has 0 aromatic heterocycles. The van der Waals surface area contributed by atoms with Crippen molar-refractivity contribution in [3.05, 3.63) is 65.5 Å². The van der Waals surface area contributed by atoms with Crippen molar-refractivity contribution in [3.63, 3.8) is 0 Å². The summed E-state index contributed by atoms with van der Waals surface area (Å²) in [5.74, 6) is -1.03. The van der Waals surface area contributed by atoms with E-state index in [1.807, 2.05) is 0 Å². The van der Waals surface area contributed by atoms with Crippen LogP contribution in [0.4, 0.5) is 4.39 Å². The standard InChI is InChI=1S/C15H13FO3S/c1-20(18,19)14-7-5-11(6-8-14)15(10-17)12-3-2-4-13(16)9-12/h2-10,15H,1H3. The molecule has 5 heteroatoms. The fourth-order valence-corrected chi connectivity index (χ4v) is 2.60. The molecule has 1 unspecified atom stereocenters. The molecule has 0 saturated heterocycles. The summed E-state index contributed by atoms with van der Waals surface area (Å²) in [7, 11) is -3.27. The smallest absolute Gasteiger partial charge is 0.175 e. The van der Waals surface area contributed by atoms with Gasteiger partial charge < -0.3 is 4.79 Å². The number of hydrogen-bond donors (Lipinski definition) is 0. The van der Waals surface area contributed by atoms with Crippen LogP contribution in [0, 0.1) is 5.82 Å². The number of aldehydes is 1. The molecule has 0 radical (unpaired) electrons. The Hall–Kier alpha value is -2.01. The number of carbonyl (C=O) groups is 1. The van der Waals surface area contributed by atoms with Gasteiger partial charge in [0, 0.05) is 6.26 Å². The van der Waals surface area contributed by atoms with E-state index in [1.54, 1.807) is 18.2 Å². The second-order valence-electron chi connectivity index (χ2n) is 4.51. The van der Waals surface area contributed by atoms with Gasteiger partial charge in [-0.25, -0.2) is 12.8 Å². The number of carbonyl (C=O) groups excluding carboxylic acids is 1. The van der Waals surface area contributed by atoms with Crippen LogP contribution >= 0.6 is 0 Å². The summed E-state index contributed by atoms with van der Waals surface area (Å²) in [6.07, 6.45) is 1.83. The van der Waals surface area contributed by atoms with Gasteiger partial charge in [0.2, 0.25) is 0 Å². The van der Waals surface area contributed by atoms with Gasteiger partial charge in [-0.05, 0) is 35.4 Å². The molecule has 0 aliphatic heterocycles. The Labute approximate surface area is 117 Å². The lowest BCUT2D eigenvalue weighted by Crippen LogP contribution is -2.04. The van der Waals surface area contributed by atoms with Crippen molar-refractivity contribution in [3.8, 4) is 0 Å². The molecular weight excluding hydrogens is 279 g/mol. The quantitative estimate of drug-likeness (QED) is 0.814. The van der Waals surface area contributed by atoms with Crippen LogP contribution in [0.5, 0.6) is 0 Å². The molecule has 2 aromatic carbocycles. The van der Waals surface area contributed by atoms with Gasteiger partial charge >= 0.3 is 0 Å². The van der Waals surface area contributed by atoms with E-state index in [4.69, 9.17) is 0 Å².